The Bertz CT molecular complexity index is 627. The molecule has 2 aromatic rings. The number of alkyl carbamates (subject to hydrolysis) is 1. The zero-order chi connectivity index (χ0) is 15.6. The molecule has 1 aromatic heterocycles. The summed E-state index contributed by atoms with van der Waals surface area (Å²) in [7, 11) is 0. The SMILES string of the molecule is O=C(NCCC=Cc1cncc(O)c1)OCc1ccccc1. The van der Waals surface area contributed by atoms with E-state index in [9.17, 15) is 9.90 Å². The van der Waals surface area contributed by atoms with Crippen molar-refractivity contribution in [3.63, 3.8) is 0 Å². The molecule has 0 spiro atoms. The summed E-state index contributed by atoms with van der Waals surface area (Å²) in [5, 5.41) is 11.9. The van der Waals surface area contributed by atoms with Gasteiger partial charge in [-0.3, -0.25) is 4.98 Å². The van der Waals surface area contributed by atoms with Crippen LogP contribution >= 0.6 is 0 Å². The first-order valence-corrected chi connectivity index (χ1v) is 6.99. The Balaban J connectivity index is 1.63. The van der Waals surface area contributed by atoms with Crippen LogP contribution in [0.2, 0.25) is 0 Å². The van der Waals surface area contributed by atoms with Crippen LogP contribution in [0, 0.1) is 0 Å². The van der Waals surface area contributed by atoms with Crippen LogP contribution in [0.25, 0.3) is 6.08 Å². The molecule has 114 valence electrons. The maximum Gasteiger partial charge on any atom is 0.407 e. The zero-order valence-corrected chi connectivity index (χ0v) is 12.1. The van der Waals surface area contributed by atoms with Gasteiger partial charge in [-0.1, -0.05) is 42.5 Å². The maximum absolute atomic E-state index is 11.5. The smallest absolute Gasteiger partial charge is 0.407 e. The van der Waals surface area contributed by atoms with Crippen LogP contribution in [0.5, 0.6) is 5.75 Å². The van der Waals surface area contributed by atoms with E-state index in [2.05, 4.69) is 10.3 Å². The first kappa shape index (κ1) is 15.6. The number of rotatable bonds is 6. The Labute approximate surface area is 129 Å². The molecule has 0 saturated carbocycles. The number of nitrogens with zero attached hydrogens (tertiary/aromatic N) is 1. The summed E-state index contributed by atoms with van der Waals surface area (Å²) in [6, 6.07) is 11.1. The summed E-state index contributed by atoms with van der Waals surface area (Å²) in [4.78, 5) is 15.4. The fraction of sp³-hybridized carbons (Fsp3) is 0.176. The predicted octanol–water partition coefficient (Wildman–Crippen LogP) is 3.12. The minimum Gasteiger partial charge on any atom is -0.506 e. The van der Waals surface area contributed by atoms with E-state index < -0.39 is 6.09 Å². The Hall–Kier alpha value is -2.82. The zero-order valence-electron chi connectivity index (χ0n) is 12.1. The minimum absolute atomic E-state index is 0.129. The molecule has 0 radical (unpaired) electrons. The number of aromatic nitrogens is 1. The van der Waals surface area contributed by atoms with E-state index in [1.54, 1.807) is 12.3 Å². The lowest BCUT2D eigenvalue weighted by Gasteiger charge is -2.05. The molecule has 0 aliphatic carbocycles. The van der Waals surface area contributed by atoms with Gasteiger partial charge in [0.25, 0.3) is 0 Å². The van der Waals surface area contributed by atoms with Crippen molar-refractivity contribution in [1.82, 2.24) is 10.3 Å². The normalized spacial score (nSPS) is 10.5. The van der Waals surface area contributed by atoms with Crippen LogP contribution in [0.15, 0.2) is 54.9 Å². The molecular weight excluding hydrogens is 280 g/mol. The van der Waals surface area contributed by atoms with Gasteiger partial charge in [-0.05, 0) is 23.6 Å². The first-order valence-electron chi connectivity index (χ1n) is 6.99. The molecule has 0 saturated heterocycles. The summed E-state index contributed by atoms with van der Waals surface area (Å²) >= 11 is 0. The second kappa shape index (κ2) is 8.46. The number of hydrogen-bond acceptors (Lipinski definition) is 4. The summed E-state index contributed by atoms with van der Waals surface area (Å²) < 4.78 is 5.09. The Morgan fingerprint density at radius 2 is 2.09 bits per heavy atom. The highest BCUT2D eigenvalue weighted by Gasteiger charge is 2.00. The van der Waals surface area contributed by atoms with E-state index in [0.717, 1.165) is 11.1 Å². The highest BCUT2D eigenvalue weighted by atomic mass is 16.5. The fourth-order valence-corrected chi connectivity index (χ4v) is 1.79. The monoisotopic (exact) mass is 298 g/mol. The van der Waals surface area contributed by atoms with Gasteiger partial charge in [0, 0.05) is 12.7 Å². The molecular formula is C17H18N2O3. The molecule has 5 heteroatoms. The van der Waals surface area contributed by atoms with Crippen LogP contribution in [0.1, 0.15) is 17.5 Å². The van der Waals surface area contributed by atoms with Gasteiger partial charge in [-0.15, -0.1) is 0 Å². The standard InChI is InChI=1S/C17H18N2O3/c20-16-10-15(11-18-12-16)8-4-5-9-19-17(21)22-13-14-6-2-1-3-7-14/h1-4,6-8,10-12,20H,5,9,13H2,(H,19,21). The van der Waals surface area contributed by atoms with E-state index in [0.29, 0.717) is 13.0 Å². The van der Waals surface area contributed by atoms with Crippen LogP contribution in [-0.4, -0.2) is 22.7 Å². The van der Waals surface area contributed by atoms with Gasteiger partial charge in [0.2, 0.25) is 0 Å². The third-order valence-corrected chi connectivity index (χ3v) is 2.85. The number of amides is 1. The lowest BCUT2D eigenvalue weighted by atomic mass is 10.2. The van der Waals surface area contributed by atoms with Crippen molar-refractivity contribution in [1.29, 1.82) is 0 Å². The summed E-state index contributed by atoms with van der Waals surface area (Å²) in [6.45, 7) is 0.744. The number of carbonyl (C=O) groups is 1. The second-order valence-corrected chi connectivity index (χ2v) is 4.66. The quantitative estimate of drug-likeness (QED) is 0.804. The number of ether oxygens (including phenoxy) is 1. The van der Waals surface area contributed by atoms with Crippen LogP contribution in [0.3, 0.4) is 0 Å². The van der Waals surface area contributed by atoms with Crippen molar-refractivity contribution in [2.45, 2.75) is 13.0 Å². The number of nitrogens with one attached hydrogen (secondary N) is 1. The molecule has 1 aromatic carbocycles. The average Bonchev–Trinajstić information content (AvgIpc) is 2.54. The molecule has 5 nitrogen and oxygen atoms in total. The van der Waals surface area contributed by atoms with Gasteiger partial charge < -0.3 is 15.2 Å². The van der Waals surface area contributed by atoms with Crippen LogP contribution in [-0.2, 0) is 11.3 Å². The molecule has 0 fully saturated rings. The van der Waals surface area contributed by atoms with Crippen molar-refractivity contribution in [2.24, 2.45) is 0 Å². The number of carbonyl (C=O) groups excluding carboxylic acids is 1. The number of hydrogen-bond donors (Lipinski definition) is 2. The van der Waals surface area contributed by atoms with Gasteiger partial charge in [0.15, 0.2) is 0 Å². The third kappa shape index (κ3) is 5.66. The molecule has 2 N–H and O–H groups in total. The van der Waals surface area contributed by atoms with E-state index in [4.69, 9.17) is 4.74 Å². The van der Waals surface area contributed by atoms with E-state index in [-0.39, 0.29) is 12.4 Å². The van der Waals surface area contributed by atoms with Gasteiger partial charge in [-0.25, -0.2) is 4.79 Å². The van der Waals surface area contributed by atoms with Gasteiger partial charge >= 0.3 is 6.09 Å². The molecule has 1 amide bonds. The first-order chi connectivity index (χ1) is 10.7. The highest BCUT2D eigenvalue weighted by molar-refractivity contribution is 5.67. The Morgan fingerprint density at radius 1 is 1.27 bits per heavy atom. The molecule has 0 aliphatic rings. The number of benzene rings is 1. The highest BCUT2D eigenvalue weighted by Crippen LogP contribution is 2.09. The average molecular weight is 298 g/mol. The van der Waals surface area contributed by atoms with E-state index in [1.807, 2.05) is 42.5 Å². The van der Waals surface area contributed by atoms with Crippen LogP contribution < -0.4 is 5.32 Å². The molecule has 0 aliphatic heterocycles. The number of aromatic hydroxyl groups is 1. The second-order valence-electron chi connectivity index (χ2n) is 4.66. The molecule has 2 rings (SSSR count). The lowest BCUT2D eigenvalue weighted by Crippen LogP contribution is -2.24. The number of pyridine rings is 1. The minimum atomic E-state index is -0.434. The maximum atomic E-state index is 11.5. The fourth-order valence-electron chi connectivity index (χ4n) is 1.79. The molecule has 0 bridgehead atoms. The molecule has 0 unspecified atom stereocenters. The Kier molecular flexibility index (Phi) is 5.99. The summed E-state index contributed by atoms with van der Waals surface area (Å²) in [5.41, 5.74) is 1.76. The molecule has 0 atom stereocenters. The van der Waals surface area contributed by atoms with Crippen molar-refractivity contribution >= 4 is 12.2 Å². The van der Waals surface area contributed by atoms with Gasteiger partial charge in [0.1, 0.15) is 12.4 Å². The van der Waals surface area contributed by atoms with Gasteiger partial charge in [-0.2, -0.15) is 0 Å². The summed E-state index contributed by atoms with van der Waals surface area (Å²) in [5.74, 6) is 0.129. The van der Waals surface area contributed by atoms with Crippen molar-refractivity contribution < 1.29 is 14.6 Å². The third-order valence-electron chi connectivity index (χ3n) is 2.85. The topological polar surface area (TPSA) is 71.5 Å². The van der Waals surface area contributed by atoms with Crippen molar-refractivity contribution in [3.8, 4) is 5.75 Å². The largest absolute Gasteiger partial charge is 0.506 e. The van der Waals surface area contributed by atoms with Crippen LogP contribution in [0.4, 0.5) is 4.79 Å². The molecule has 22 heavy (non-hydrogen) atoms. The summed E-state index contributed by atoms with van der Waals surface area (Å²) in [6.07, 6.45) is 6.99. The molecule has 1 heterocycles. The van der Waals surface area contributed by atoms with Gasteiger partial charge in [0.05, 0.1) is 6.20 Å². The van der Waals surface area contributed by atoms with E-state index >= 15 is 0 Å². The van der Waals surface area contributed by atoms with E-state index in [1.165, 1.54) is 6.20 Å². The lowest BCUT2D eigenvalue weighted by molar-refractivity contribution is 0.140. The predicted molar refractivity (Wildman–Crippen MR) is 84.2 cm³/mol. The van der Waals surface area contributed by atoms with Crippen molar-refractivity contribution in [2.75, 3.05) is 6.54 Å². The Morgan fingerprint density at radius 3 is 2.86 bits per heavy atom. The van der Waals surface area contributed by atoms with Crippen molar-refractivity contribution in [3.05, 3.63) is 66.0 Å².